The Hall–Kier alpha value is -1.45. The Balaban J connectivity index is 1.67. The van der Waals surface area contributed by atoms with Crippen molar-refractivity contribution in [2.75, 3.05) is 0 Å². The molecular weight excluding hydrogens is 248 g/mol. The van der Waals surface area contributed by atoms with Crippen LogP contribution in [0.15, 0.2) is 30.3 Å². The van der Waals surface area contributed by atoms with Crippen LogP contribution >= 0.6 is 0 Å². The van der Waals surface area contributed by atoms with Gasteiger partial charge in [-0.2, -0.15) is 0 Å². The first-order chi connectivity index (χ1) is 9.70. The monoisotopic (exact) mass is 270 g/mol. The first kappa shape index (κ1) is 13.5. The normalized spacial score (nSPS) is 23.1. The number of pyridine rings is 1. The summed E-state index contributed by atoms with van der Waals surface area (Å²) in [5.41, 5.74) is 3.39. The quantitative estimate of drug-likeness (QED) is 0.901. The molecule has 3 rings (SSSR count). The number of hydrogen-bond donors (Lipinski definition) is 2. The van der Waals surface area contributed by atoms with E-state index in [9.17, 15) is 5.11 Å². The molecule has 0 aliphatic heterocycles. The number of aliphatic hydroxyl groups is 1. The fraction of sp³-hybridized carbons (Fsp3) is 0.471. The van der Waals surface area contributed by atoms with Crippen molar-refractivity contribution in [3.63, 3.8) is 0 Å². The van der Waals surface area contributed by atoms with Gasteiger partial charge in [-0.25, -0.2) is 0 Å². The van der Waals surface area contributed by atoms with E-state index in [4.69, 9.17) is 0 Å². The molecule has 3 nitrogen and oxygen atoms in total. The van der Waals surface area contributed by atoms with Gasteiger partial charge in [0.2, 0.25) is 0 Å². The Bertz CT molecular complexity index is 597. The third kappa shape index (κ3) is 3.17. The highest BCUT2D eigenvalue weighted by Crippen LogP contribution is 2.19. The van der Waals surface area contributed by atoms with Crippen molar-refractivity contribution in [1.29, 1.82) is 0 Å². The molecule has 1 aromatic heterocycles. The fourth-order valence-electron chi connectivity index (χ4n) is 3.00. The number of nitrogens with zero attached hydrogens (tertiary/aromatic N) is 1. The zero-order chi connectivity index (χ0) is 13.9. The number of rotatable bonds is 3. The van der Waals surface area contributed by atoms with Crippen LogP contribution in [0, 0.1) is 6.92 Å². The van der Waals surface area contributed by atoms with Crippen LogP contribution in [0.4, 0.5) is 0 Å². The van der Waals surface area contributed by atoms with Crippen LogP contribution in [0.2, 0.25) is 0 Å². The molecule has 106 valence electrons. The highest BCUT2D eigenvalue weighted by Gasteiger charge is 2.19. The van der Waals surface area contributed by atoms with Crippen molar-refractivity contribution in [2.24, 2.45) is 0 Å². The Morgan fingerprint density at radius 2 is 2.15 bits per heavy atom. The van der Waals surface area contributed by atoms with E-state index in [1.807, 2.05) is 6.92 Å². The average molecular weight is 270 g/mol. The van der Waals surface area contributed by atoms with E-state index in [-0.39, 0.29) is 6.10 Å². The molecule has 2 atom stereocenters. The summed E-state index contributed by atoms with van der Waals surface area (Å²) in [6, 6.07) is 11.1. The third-order valence-electron chi connectivity index (χ3n) is 4.13. The van der Waals surface area contributed by atoms with E-state index < -0.39 is 0 Å². The first-order valence-corrected chi connectivity index (χ1v) is 7.48. The Kier molecular flexibility index (Phi) is 3.99. The molecule has 2 unspecified atom stereocenters. The maximum Gasteiger partial charge on any atom is 0.0705 e. The minimum atomic E-state index is -0.120. The molecule has 2 N–H and O–H groups in total. The topological polar surface area (TPSA) is 45.1 Å². The van der Waals surface area contributed by atoms with Crippen LogP contribution in [0.25, 0.3) is 10.9 Å². The van der Waals surface area contributed by atoms with Gasteiger partial charge in [0, 0.05) is 23.7 Å². The van der Waals surface area contributed by atoms with Crippen LogP contribution in [-0.2, 0) is 6.54 Å². The first-order valence-electron chi connectivity index (χ1n) is 7.48. The van der Waals surface area contributed by atoms with E-state index in [0.29, 0.717) is 6.04 Å². The number of aromatic nitrogens is 1. The van der Waals surface area contributed by atoms with Gasteiger partial charge in [0.25, 0.3) is 0 Å². The number of benzene rings is 1. The van der Waals surface area contributed by atoms with Crippen LogP contribution in [-0.4, -0.2) is 22.2 Å². The van der Waals surface area contributed by atoms with E-state index in [0.717, 1.165) is 37.0 Å². The third-order valence-corrected chi connectivity index (χ3v) is 4.13. The lowest BCUT2D eigenvalue weighted by Gasteiger charge is -2.26. The summed E-state index contributed by atoms with van der Waals surface area (Å²) in [4.78, 5) is 4.52. The van der Waals surface area contributed by atoms with Gasteiger partial charge in [-0.3, -0.25) is 4.98 Å². The summed E-state index contributed by atoms with van der Waals surface area (Å²) in [5.74, 6) is 0. The average Bonchev–Trinajstić information content (AvgIpc) is 2.45. The van der Waals surface area contributed by atoms with Crippen LogP contribution < -0.4 is 5.32 Å². The highest BCUT2D eigenvalue weighted by atomic mass is 16.3. The summed E-state index contributed by atoms with van der Waals surface area (Å²) >= 11 is 0. The number of hydrogen-bond acceptors (Lipinski definition) is 3. The summed E-state index contributed by atoms with van der Waals surface area (Å²) in [6.45, 7) is 2.88. The van der Waals surface area contributed by atoms with Gasteiger partial charge in [-0.1, -0.05) is 12.1 Å². The molecule has 1 heterocycles. The minimum Gasteiger partial charge on any atom is -0.393 e. The number of fused-ring (bicyclic) bond motifs is 1. The molecule has 2 aromatic rings. The van der Waals surface area contributed by atoms with Gasteiger partial charge in [0.05, 0.1) is 11.6 Å². The van der Waals surface area contributed by atoms with Crippen molar-refractivity contribution in [3.8, 4) is 0 Å². The van der Waals surface area contributed by atoms with Crippen LogP contribution in [0.5, 0.6) is 0 Å². The van der Waals surface area contributed by atoms with Crippen molar-refractivity contribution in [1.82, 2.24) is 10.3 Å². The largest absolute Gasteiger partial charge is 0.393 e. The standard InChI is InChI=1S/C17H22N2O/c1-12-5-7-14-9-13(6-8-17(14)19-12)11-18-15-3-2-4-16(20)10-15/h5-9,15-16,18,20H,2-4,10-11H2,1H3. The molecule has 0 spiro atoms. The molecule has 3 heteroatoms. The number of aryl methyl sites for hydroxylation is 1. The second-order valence-electron chi connectivity index (χ2n) is 5.88. The molecule has 1 fully saturated rings. The second kappa shape index (κ2) is 5.90. The molecule has 1 aliphatic carbocycles. The van der Waals surface area contributed by atoms with Crippen molar-refractivity contribution >= 4 is 10.9 Å². The van der Waals surface area contributed by atoms with Crippen molar-refractivity contribution < 1.29 is 5.11 Å². The second-order valence-corrected chi connectivity index (χ2v) is 5.88. The van der Waals surface area contributed by atoms with Crippen LogP contribution in [0.1, 0.15) is 36.9 Å². The van der Waals surface area contributed by atoms with Crippen LogP contribution in [0.3, 0.4) is 0 Å². The molecular formula is C17H22N2O. The number of nitrogens with one attached hydrogen (secondary N) is 1. The summed E-state index contributed by atoms with van der Waals surface area (Å²) in [5, 5.41) is 14.5. The molecule has 1 aliphatic rings. The van der Waals surface area contributed by atoms with Gasteiger partial charge in [-0.15, -0.1) is 0 Å². The minimum absolute atomic E-state index is 0.120. The molecule has 20 heavy (non-hydrogen) atoms. The van der Waals surface area contributed by atoms with E-state index in [2.05, 4.69) is 40.6 Å². The van der Waals surface area contributed by atoms with Gasteiger partial charge in [-0.05, 0) is 56.4 Å². The molecule has 1 aromatic carbocycles. The predicted molar refractivity (Wildman–Crippen MR) is 81.6 cm³/mol. The fourth-order valence-corrected chi connectivity index (χ4v) is 3.00. The molecule has 1 saturated carbocycles. The summed E-state index contributed by atoms with van der Waals surface area (Å²) in [7, 11) is 0. The lowest BCUT2D eigenvalue weighted by atomic mass is 9.93. The zero-order valence-electron chi connectivity index (χ0n) is 12.0. The van der Waals surface area contributed by atoms with Crippen molar-refractivity contribution in [3.05, 3.63) is 41.6 Å². The van der Waals surface area contributed by atoms with Gasteiger partial charge >= 0.3 is 0 Å². The van der Waals surface area contributed by atoms with Gasteiger partial charge in [0.15, 0.2) is 0 Å². The maximum absolute atomic E-state index is 9.70. The lowest BCUT2D eigenvalue weighted by molar-refractivity contribution is 0.111. The van der Waals surface area contributed by atoms with Crippen molar-refractivity contribution in [2.45, 2.75) is 51.3 Å². The predicted octanol–water partition coefficient (Wildman–Crippen LogP) is 2.94. The smallest absolute Gasteiger partial charge is 0.0705 e. The molecule has 0 bridgehead atoms. The Morgan fingerprint density at radius 3 is 3.00 bits per heavy atom. The Labute approximate surface area is 120 Å². The van der Waals surface area contributed by atoms with Gasteiger partial charge < -0.3 is 10.4 Å². The Morgan fingerprint density at radius 1 is 1.25 bits per heavy atom. The highest BCUT2D eigenvalue weighted by molar-refractivity contribution is 5.79. The molecule has 0 amide bonds. The van der Waals surface area contributed by atoms with E-state index in [1.165, 1.54) is 17.4 Å². The SMILES string of the molecule is Cc1ccc2cc(CNC3CCCC(O)C3)ccc2n1. The zero-order valence-corrected chi connectivity index (χ0v) is 12.0. The van der Waals surface area contributed by atoms with Gasteiger partial charge in [0.1, 0.15) is 0 Å². The lowest BCUT2D eigenvalue weighted by Crippen LogP contribution is -2.35. The molecule has 0 saturated heterocycles. The molecule has 0 radical (unpaired) electrons. The summed E-state index contributed by atoms with van der Waals surface area (Å²) in [6.07, 6.45) is 4.02. The van der Waals surface area contributed by atoms with E-state index in [1.54, 1.807) is 0 Å². The number of aliphatic hydroxyl groups excluding tert-OH is 1. The maximum atomic E-state index is 9.70. The van der Waals surface area contributed by atoms with E-state index >= 15 is 0 Å². The summed E-state index contributed by atoms with van der Waals surface area (Å²) < 4.78 is 0.